The first kappa shape index (κ1) is 18.9. The molecule has 3 rings (SSSR count). The number of carbonyl (C=O) groups is 2. The molecule has 1 heterocycles. The minimum absolute atomic E-state index is 0.118. The fourth-order valence-corrected chi connectivity index (χ4v) is 3.92. The summed E-state index contributed by atoms with van der Waals surface area (Å²) in [6, 6.07) is 5.32. The van der Waals surface area contributed by atoms with Crippen LogP contribution >= 0.6 is 11.3 Å². The standard InChI is InChI=1S/C17H19N5O4S/c23-14(10-18-15(24)12-7-4-8-13(9-12)22(25)26)19-17-21-20-16(27-17)11-5-2-1-3-6-11/h4,7-9,11H,1-3,5-6,10H2,(H,18,24)(H,19,21,23). The van der Waals surface area contributed by atoms with E-state index in [0.717, 1.165) is 23.9 Å². The van der Waals surface area contributed by atoms with Gasteiger partial charge in [0.25, 0.3) is 11.6 Å². The van der Waals surface area contributed by atoms with Crippen LogP contribution in [0.4, 0.5) is 10.8 Å². The van der Waals surface area contributed by atoms with Crippen LogP contribution in [0.15, 0.2) is 24.3 Å². The monoisotopic (exact) mass is 389 g/mol. The molecule has 1 aromatic heterocycles. The zero-order chi connectivity index (χ0) is 19.2. The van der Waals surface area contributed by atoms with Gasteiger partial charge in [0.15, 0.2) is 0 Å². The average molecular weight is 389 g/mol. The first-order valence-electron chi connectivity index (χ1n) is 8.69. The number of amides is 2. The van der Waals surface area contributed by atoms with Gasteiger partial charge in [0.1, 0.15) is 5.01 Å². The van der Waals surface area contributed by atoms with E-state index in [0.29, 0.717) is 11.0 Å². The number of nitro groups is 1. The number of carbonyl (C=O) groups excluding carboxylic acids is 2. The molecule has 0 unspecified atom stereocenters. The zero-order valence-electron chi connectivity index (χ0n) is 14.5. The van der Waals surface area contributed by atoms with Gasteiger partial charge in [0.2, 0.25) is 11.0 Å². The highest BCUT2D eigenvalue weighted by Crippen LogP contribution is 2.35. The Bertz CT molecular complexity index is 847. The summed E-state index contributed by atoms with van der Waals surface area (Å²) in [5, 5.41) is 25.3. The second-order valence-electron chi connectivity index (χ2n) is 6.32. The van der Waals surface area contributed by atoms with E-state index in [1.54, 1.807) is 0 Å². The van der Waals surface area contributed by atoms with Crippen LogP contribution in [0, 0.1) is 10.1 Å². The third-order valence-corrected chi connectivity index (χ3v) is 5.37. The fraction of sp³-hybridized carbons (Fsp3) is 0.412. The molecule has 1 aliphatic carbocycles. The summed E-state index contributed by atoms with van der Waals surface area (Å²) in [6.45, 7) is -0.264. The van der Waals surface area contributed by atoms with Crippen molar-refractivity contribution in [3.8, 4) is 0 Å². The van der Waals surface area contributed by atoms with Crippen LogP contribution < -0.4 is 10.6 Å². The number of nitrogens with one attached hydrogen (secondary N) is 2. The summed E-state index contributed by atoms with van der Waals surface area (Å²) < 4.78 is 0. The molecule has 1 fully saturated rings. The van der Waals surface area contributed by atoms with E-state index >= 15 is 0 Å². The number of hydrogen-bond acceptors (Lipinski definition) is 7. The van der Waals surface area contributed by atoms with Gasteiger partial charge >= 0.3 is 0 Å². The molecule has 1 aliphatic rings. The van der Waals surface area contributed by atoms with E-state index in [4.69, 9.17) is 0 Å². The largest absolute Gasteiger partial charge is 0.343 e. The van der Waals surface area contributed by atoms with Crippen molar-refractivity contribution in [2.24, 2.45) is 0 Å². The minimum Gasteiger partial charge on any atom is -0.343 e. The van der Waals surface area contributed by atoms with E-state index in [1.165, 1.54) is 48.8 Å². The summed E-state index contributed by atoms with van der Waals surface area (Å²) in [5.41, 5.74) is -0.0660. The lowest BCUT2D eigenvalue weighted by Crippen LogP contribution is -2.32. The lowest BCUT2D eigenvalue weighted by molar-refractivity contribution is -0.384. The predicted molar refractivity (Wildman–Crippen MR) is 99.8 cm³/mol. The molecule has 0 aliphatic heterocycles. The molecule has 27 heavy (non-hydrogen) atoms. The molecular formula is C17H19N5O4S. The highest BCUT2D eigenvalue weighted by atomic mass is 32.1. The molecule has 142 valence electrons. The summed E-state index contributed by atoms with van der Waals surface area (Å²) in [6.07, 6.45) is 5.83. The van der Waals surface area contributed by atoms with Gasteiger partial charge in [-0.15, -0.1) is 10.2 Å². The Balaban J connectivity index is 1.51. The second kappa shape index (κ2) is 8.67. The number of nitrogens with zero attached hydrogens (tertiary/aromatic N) is 3. The zero-order valence-corrected chi connectivity index (χ0v) is 15.3. The fourth-order valence-electron chi connectivity index (χ4n) is 2.99. The van der Waals surface area contributed by atoms with Gasteiger partial charge in [-0.3, -0.25) is 25.0 Å². The number of nitro benzene ring substituents is 1. The number of anilines is 1. The summed E-state index contributed by atoms with van der Waals surface area (Å²) in [4.78, 5) is 34.2. The molecule has 2 amide bonds. The molecule has 0 saturated heterocycles. The molecule has 0 bridgehead atoms. The van der Waals surface area contributed by atoms with E-state index in [2.05, 4.69) is 20.8 Å². The van der Waals surface area contributed by atoms with Crippen LogP contribution in [0.25, 0.3) is 0 Å². The topological polar surface area (TPSA) is 127 Å². The van der Waals surface area contributed by atoms with Crippen molar-refractivity contribution in [2.45, 2.75) is 38.0 Å². The van der Waals surface area contributed by atoms with Crippen molar-refractivity contribution in [3.05, 3.63) is 45.0 Å². The molecule has 1 aromatic carbocycles. The normalized spacial score (nSPS) is 14.5. The molecule has 10 heteroatoms. The van der Waals surface area contributed by atoms with Crippen LogP contribution in [-0.4, -0.2) is 33.5 Å². The van der Waals surface area contributed by atoms with Gasteiger partial charge in [-0.25, -0.2) is 0 Å². The molecule has 0 atom stereocenters. The summed E-state index contributed by atoms with van der Waals surface area (Å²) in [5.74, 6) is -0.579. The number of rotatable bonds is 6. The molecule has 9 nitrogen and oxygen atoms in total. The third kappa shape index (κ3) is 5.07. The number of benzene rings is 1. The van der Waals surface area contributed by atoms with Gasteiger partial charge in [-0.05, 0) is 18.9 Å². The highest BCUT2D eigenvalue weighted by Gasteiger charge is 2.20. The number of non-ortho nitro benzene ring substituents is 1. The lowest BCUT2D eigenvalue weighted by atomic mass is 9.90. The van der Waals surface area contributed by atoms with Crippen molar-refractivity contribution in [2.75, 3.05) is 11.9 Å². The van der Waals surface area contributed by atoms with Crippen molar-refractivity contribution in [1.82, 2.24) is 15.5 Å². The summed E-state index contributed by atoms with van der Waals surface area (Å²) in [7, 11) is 0. The van der Waals surface area contributed by atoms with Gasteiger partial charge in [-0.1, -0.05) is 36.7 Å². The van der Waals surface area contributed by atoms with Crippen molar-refractivity contribution < 1.29 is 14.5 Å². The molecule has 1 saturated carbocycles. The minimum atomic E-state index is -0.581. The van der Waals surface area contributed by atoms with E-state index in [9.17, 15) is 19.7 Å². The Kier molecular flexibility index (Phi) is 6.07. The molecule has 0 spiro atoms. The van der Waals surface area contributed by atoms with Crippen LogP contribution in [0.5, 0.6) is 0 Å². The van der Waals surface area contributed by atoms with Gasteiger partial charge in [0.05, 0.1) is 11.5 Å². The van der Waals surface area contributed by atoms with Gasteiger partial charge in [0, 0.05) is 23.6 Å². The predicted octanol–water partition coefficient (Wildman–Crippen LogP) is 2.86. The first-order valence-corrected chi connectivity index (χ1v) is 9.50. The van der Waals surface area contributed by atoms with Crippen LogP contribution in [0.3, 0.4) is 0 Å². The van der Waals surface area contributed by atoms with Crippen molar-refractivity contribution in [1.29, 1.82) is 0 Å². The van der Waals surface area contributed by atoms with E-state index in [-0.39, 0.29) is 17.8 Å². The van der Waals surface area contributed by atoms with Crippen molar-refractivity contribution >= 4 is 34.0 Å². The first-order chi connectivity index (χ1) is 13.0. The maximum atomic E-state index is 12.0. The SMILES string of the molecule is O=C(CNC(=O)c1cccc([N+](=O)[O-])c1)Nc1nnc(C2CCCCC2)s1. The Morgan fingerprint density at radius 2 is 2.00 bits per heavy atom. The molecular weight excluding hydrogens is 370 g/mol. The Hall–Kier alpha value is -2.88. The molecule has 0 radical (unpaired) electrons. The van der Waals surface area contributed by atoms with Gasteiger partial charge in [-0.2, -0.15) is 0 Å². The number of hydrogen-bond donors (Lipinski definition) is 2. The van der Waals surface area contributed by atoms with Crippen LogP contribution in [0.2, 0.25) is 0 Å². The summed E-state index contributed by atoms with van der Waals surface area (Å²) >= 11 is 1.36. The average Bonchev–Trinajstić information content (AvgIpc) is 3.15. The maximum Gasteiger partial charge on any atom is 0.270 e. The quantitative estimate of drug-likeness (QED) is 0.578. The maximum absolute atomic E-state index is 12.0. The Morgan fingerprint density at radius 3 is 2.74 bits per heavy atom. The number of aromatic nitrogens is 2. The van der Waals surface area contributed by atoms with Gasteiger partial charge < -0.3 is 5.32 Å². The van der Waals surface area contributed by atoms with E-state index in [1.807, 2.05) is 0 Å². The lowest BCUT2D eigenvalue weighted by Gasteiger charge is -2.18. The van der Waals surface area contributed by atoms with Crippen LogP contribution in [0.1, 0.15) is 53.4 Å². The van der Waals surface area contributed by atoms with Crippen LogP contribution in [-0.2, 0) is 4.79 Å². The molecule has 2 N–H and O–H groups in total. The second-order valence-corrected chi connectivity index (χ2v) is 7.33. The third-order valence-electron chi connectivity index (χ3n) is 4.37. The van der Waals surface area contributed by atoms with Crippen molar-refractivity contribution in [3.63, 3.8) is 0 Å². The highest BCUT2D eigenvalue weighted by molar-refractivity contribution is 7.15. The molecule has 2 aromatic rings. The Labute approximate surface area is 159 Å². The Morgan fingerprint density at radius 1 is 1.22 bits per heavy atom. The smallest absolute Gasteiger partial charge is 0.270 e. The van der Waals surface area contributed by atoms with E-state index < -0.39 is 16.7 Å².